The summed E-state index contributed by atoms with van der Waals surface area (Å²) in [6, 6.07) is 10.6. The Morgan fingerprint density at radius 3 is 2.80 bits per heavy atom. The Labute approximate surface area is 92.2 Å². The van der Waals surface area contributed by atoms with Crippen molar-refractivity contribution in [3.8, 4) is 0 Å². The molecule has 0 fully saturated rings. The summed E-state index contributed by atoms with van der Waals surface area (Å²) < 4.78 is 0. The molecule has 0 spiro atoms. The molecule has 0 aliphatic rings. The first-order valence-corrected chi connectivity index (χ1v) is 5.16. The molecule has 0 N–H and O–H groups in total. The van der Waals surface area contributed by atoms with Gasteiger partial charge >= 0.3 is 0 Å². The molecule has 15 heavy (non-hydrogen) atoms. The molecule has 0 aliphatic heterocycles. The highest BCUT2D eigenvalue weighted by Gasteiger charge is 2.03. The zero-order valence-electron chi connectivity index (χ0n) is 8.70. The highest BCUT2D eigenvalue weighted by molar-refractivity contribution is 5.79. The molecule has 1 atom stereocenters. The van der Waals surface area contributed by atoms with Crippen LogP contribution < -0.4 is 0 Å². The zero-order chi connectivity index (χ0) is 9.97. The highest BCUT2D eigenvalue weighted by atomic mass is 14.6. The van der Waals surface area contributed by atoms with E-state index in [1.807, 2.05) is 12.3 Å². The van der Waals surface area contributed by atoms with Crippen molar-refractivity contribution in [2.24, 2.45) is 0 Å². The Hall–Kier alpha value is -1.37. The summed E-state index contributed by atoms with van der Waals surface area (Å²) in [5, 5.41) is 1.24. The Morgan fingerprint density at radius 1 is 1.27 bits per heavy atom. The molecule has 0 bridgehead atoms. The van der Waals surface area contributed by atoms with Crippen molar-refractivity contribution in [1.82, 2.24) is 4.98 Å². The molecule has 2 rings (SSSR count). The first-order valence-electron chi connectivity index (χ1n) is 5.16. The maximum absolute atomic E-state index is 4.31. The van der Waals surface area contributed by atoms with Crippen LogP contribution in [0.5, 0.6) is 0 Å². The Kier molecular flexibility index (Phi) is 3.84. The Balaban J connectivity index is 0.00000112. The second-order valence-corrected chi connectivity index (χ2v) is 3.76. The van der Waals surface area contributed by atoms with Crippen LogP contribution in [0, 0.1) is 0 Å². The summed E-state index contributed by atoms with van der Waals surface area (Å²) in [4.78, 5) is 4.31. The normalized spacial score (nSPS) is 12.1. The van der Waals surface area contributed by atoms with Crippen LogP contribution in [0.2, 0.25) is 0 Å². The smallest absolute Gasteiger partial charge is 0.0702 e. The van der Waals surface area contributed by atoms with Crippen molar-refractivity contribution in [3.05, 3.63) is 42.1 Å². The summed E-state index contributed by atoms with van der Waals surface area (Å²) in [7, 11) is 0. The molecule has 0 saturated heterocycles. The van der Waals surface area contributed by atoms with Gasteiger partial charge in [0.25, 0.3) is 0 Å². The quantitative estimate of drug-likeness (QED) is 0.702. The molecule has 1 heterocycles. The number of benzene rings is 1. The molecule has 0 amide bonds. The lowest BCUT2D eigenvalue weighted by Gasteiger charge is -2.09. The molecule has 0 saturated carbocycles. The number of pyridine rings is 1. The lowest BCUT2D eigenvalue weighted by Crippen LogP contribution is -1.91. The predicted octanol–water partition coefficient (Wildman–Crippen LogP) is 4.38. The standard InChI is InChI=1S/C13H15N.CH4/c1-3-10(2)11-6-7-13-12(9-11)5-4-8-14-13;/h4-10H,3H2,1-2H3;1H4. The van der Waals surface area contributed by atoms with Gasteiger partial charge in [0.1, 0.15) is 0 Å². The number of hydrogen-bond donors (Lipinski definition) is 0. The average molecular weight is 201 g/mol. The van der Waals surface area contributed by atoms with E-state index in [0.29, 0.717) is 5.92 Å². The number of nitrogens with zero attached hydrogens (tertiary/aromatic N) is 1. The molecule has 80 valence electrons. The molecule has 0 radical (unpaired) electrons. The topological polar surface area (TPSA) is 12.9 Å². The minimum Gasteiger partial charge on any atom is -0.256 e. The van der Waals surface area contributed by atoms with Crippen LogP contribution in [0.1, 0.15) is 39.2 Å². The second-order valence-electron chi connectivity index (χ2n) is 3.76. The van der Waals surface area contributed by atoms with Crippen LogP contribution >= 0.6 is 0 Å². The molecule has 1 unspecified atom stereocenters. The second kappa shape index (κ2) is 4.92. The van der Waals surface area contributed by atoms with Gasteiger partial charge in [-0.2, -0.15) is 0 Å². The van der Waals surface area contributed by atoms with Gasteiger partial charge in [0, 0.05) is 11.6 Å². The third-order valence-electron chi connectivity index (χ3n) is 2.81. The van der Waals surface area contributed by atoms with Crippen molar-refractivity contribution in [3.63, 3.8) is 0 Å². The third kappa shape index (κ3) is 2.35. The summed E-state index contributed by atoms with van der Waals surface area (Å²) in [6.45, 7) is 4.48. The zero-order valence-corrected chi connectivity index (χ0v) is 8.70. The van der Waals surface area contributed by atoms with Gasteiger partial charge in [-0.15, -0.1) is 0 Å². The monoisotopic (exact) mass is 201 g/mol. The van der Waals surface area contributed by atoms with Crippen molar-refractivity contribution < 1.29 is 0 Å². The first kappa shape index (κ1) is 11.7. The van der Waals surface area contributed by atoms with E-state index in [1.165, 1.54) is 17.4 Å². The first-order chi connectivity index (χ1) is 6.81. The third-order valence-corrected chi connectivity index (χ3v) is 2.81. The summed E-state index contributed by atoms with van der Waals surface area (Å²) in [5.74, 6) is 0.639. The molecule has 1 heteroatoms. The Bertz CT molecular complexity index is 434. The summed E-state index contributed by atoms with van der Waals surface area (Å²) in [6.07, 6.45) is 3.02. The van der Waals surface area contributed by atoms with E-state index in [4.69, 9.17) is 0 Å². The fourth-order valence-electron chi connectivity index (χ4n) is 1.64. The van der Waals surface area contributed by atoms with Crippen LogP contribution in [-0.4, -0.2) is 4.98 Å². The number of rotatable bonds is 2. The van der Waals surface area contributed by atoms with E-state index in [9.17, 15) is 0 Å². The van der Waals surface area contributed by atoms with E-state index in [2.05, 4.69) is 43.1 Å². The Morgan fingerprint density at radius 2 is 2.07 bits per heavy atom. The highest BCUT2D eigenvalue weighted by Crippen LogP contribution is 2.22. The lowest BCUT2D eigenvalue weighted by molar-refractivity contribution is 0.734. The molecule has 0 aliphatic carbocycles. The molecule has 1 aromatic carbocycles. The van der Waals surface area contributed by atoms with Gasteiger partial charge in [-0.05, 0) is 36.1 Å². The van der Waals surface area contributed by atoms with E-state index < -0.39 is 0 Å². The predicted molar refractivity (Wildman–Crippen MR) is 67.2 cm³/mol. The van der Waals surface area contributed by atoms with E-state index in [-0.39, 0.29) is 7.43 Å². The van der Waals surface area contributed by atoms with Crippen molar-refractivity contribution in [1.29, 1.82) is 0 Å². The van der Waals surface area contributed by atoms with Gasteiger partial charge in [-0.25, -0.2) is 0 Å². The van der Waals surface area contributed by atoms with Crippen LogP contribution in [-0.2, 0) is 0 Å². The van der Waals surface area contributed by atoms with Crippen LogP contribution in [0.3, 0.4) is 0 Å². The van der Waals surface area contributed by atoms with Gasteiger partial charge in [0.2, 0.25) is 0 Å². The van der Waals surface area contributed by atoms with E-state index in [0.717, 1.165) is 5.52 Å². The van der Waals surface area contributed by atoms with Gasteiger partial charge in [-0.1, -0.05) is 33.4 Å². The van der Waals surface area contributed by atoms with Crippen LogP contribution in [0.25, 0.3) is 10.9 Å². The fourth-order valence-corrected chi connectivity index (χ4v) is 1.64. The molecule has 1 aromatic heterocycles. The van der Waals surface area contributed by atoms with E-state index >= 15 is 0 Å². The number of fused-ring (bicyclic) bond motifs is 1. The molecular weight excluding hydrogens is 182 g/mol. The van der Waals surface area contributed by atoms with Gasteiger partial charge in [0.05, 0.1) is 5.52 Å². The van der Waals surface area contributed by atoms with Gasteiger partial charge < -0.3 is 0 Å². The van der Waals surface area contributed by atoms with Crippen molar-refractivity contribution >= 4 is 10.9 Å². The molecule has 1 nitrogen and oxygen atoms in total. The minimum atomic E-state index is 0. The summed E-state index contributed by atoms with van der Waals surface area (Å²) >= 11 is 0. The van der Waals surface area contributed by atoms with Crippen molar-refractivity contribution in [2.45, 2.75) is 33.6 Å². The van der Waals surface area contributed by atoms with E-state index in [1.54, 1.807) is 0 Å². The van der Waals surface area contributed by atoms with Gasteiger partial charge in [0.15, 0.2) is 0 Å². The largest absolute Gasteiger partial charge is 0.256 e. The number of hydrogen-bond acceptors (Lipinski definition) is 1. The summed E-state index contributed by atoms with van der Waals surface area (Å²) in [5.41, 5.74) is 2.49. The van der Waals surface area contributed by atoms with Gasteiger partial charge in [-0.3, -0.25) is 4.98 Å². The van der Waals surface area contributed by atoms with Crippen molar-refractivity contribution in [2.75, 3.05) is 0 Å². The maximum atomic E-state index is 4.31. The average Bonchev–Trinajstić information content (AvgIpc) is 2.27. The minimum absolute atomic E-state index is 0. The fraction of sp³-hybridized carbons (Fsp3) is 0.357. The maximum Gasteiger partial charge on any atom is 0.0702 e. The van der Waals surface area contributed by atoms with Crippen LogP contribution in [0.4, 0.5) is 0 Å². The lowest BCUT2D eigenvalue weighted by atomic mass is 9.97. The number of aromatic nitrogens is 1. The van der Waals surface area contributed by atoms with Crippen LogP contribution in [0.15, 0.2) is 36.5 Å². The SMILES string of the molecule is C.CCC(C)c1ccc2ncccc2c1. The molecule has 2 aromatic rings. The molecular formula is C14H19N.